The minimum absolute atomic E-state index is 0.127. The maximum Gasteiger partial charge on any atom is 0.336 e. The van der Waals surface area contributed by atoms with Crippen LogP contribution in [0.4, 0.5) is 5.69 Å². The van der Waals surface area contributed by atoms with Gasteiger partial charge in [0.05, 0.1) is 24.1 Å². The first-order valence-electron chi connectivity index (χ1n) is 11.8. The van der Waals surface area contributed by atoms with Crippen molar-refractivity contribution in [3.05, 3.63) is 77.0 Å². The maximum absolute atomic E-state index is 13.2. The predicted molar refractivity (Wildman–Crippen MR) is 130 cm³/mol. The molecule has 4 atom stereocenters. The van der Waals surface area contributed by atoms with Gasteiger partial charge in [0.2, 0.25) is 5.91 Å². The number of primary amides is 1. The van der Waals surface area contributed by atoms with Gasteiger partial charge in [-0.15, -0.1) is 0 Å². The highest BCUT2D eigenvalue weighted by atomic mass is 16.7. The molecule has 2 aliphatic heterocycles. The summed E-state index contributed by atoms with van der Waals surface area (Å²) in [7, 11) is 4.51. The van der Waals surface area contributed by atoms with Crippen molar-refractivity contribution in [1.29, 1.82) is 0 Å². The fourth-order valence-corrected chi connectivity index (χ4v) is 6.48. The molecule has 0 radical (unpaired) electrons. The molecule has 2 heterocycles. The van der Waals surface area contributed by atoms with Crippen LogP contribution in [0, 0.1) is 5.92 Å². The zero-order valence-electron chi connectivity index (χ0n) is 20.2. The molecule has 0 unspecified atom stereocenters. The second-order valence-corrected chi connectivity index (χ2v) is 9.40. The van der Waals surface area contributed by atoms with E-state index in [-0.39, 0.29) is 11.9 Å². The molecule has 2 aromatic carbocycles. The van der Waals surface area contributed by atoms with Gasteiger partial charge >= 0.3 is 5.97 Å². The molecule has 1 spiro atoms. The smallest absolute Gasteiger partial charge is 0.336 e. The lowest BCUT2D eigenvalue weighted by Gasteiger charge is -2.45. The summed E-state index contributed by atoms with van der Waals surface area (Å²) in [5.74, 6) is -1.21. The van der Waals surface area contributed by atoms with E-state index in [0.29, 0.717) is 25.0 Å². The van der Waals surface area contributed by atoms with E-state index < -0.39 is 29.6 Å². The van der Waals surface area contributed by atoms with Gasteiger partial charge in [-0.05, 0) is 30.0 Å². The number of methoxy groups -OCH3 is 3. The first-order valence-corrected chi connectivity index (χ1v) is 11.8. The largest absolute Gasteiger partial charge is 0.466 e. The Hall–Kier alpha value is -3.20. The lowest BCUT2D eigenvalue weighted by Crippen LogP contribution is -2.52. The van der Waals surface area contributed by atoms with Crippen molar-refractivity contribution in [2.75, 3.05) is 26.6 Å². The predicted octanol–water partition coefficient (Wildman–Crippen LogP) is 2.54. The molecule has 8 heteroatoms. The number of carbonyl (C=O) groups is 2. The Balaban J connectivity index is 1.74. The summed E-state index contributed by atoms with van der Waals surface area (Å²) < 4.78 is 16.6. The number of ether oxygens (including phenoxy) is 3. The van der Waals surface area contributed by atoms with Gasteiger partial charge in [0.25, 0.3) is 0 Å². The van der Waals surface area contributed by atoms with Crippen LogP contribution in [0.25, 0.3) is 0 Å². The SMILES string of the molecule is COC(=O)C1=C2Nc3ccccc3[C@@]23C[C@@H](C(N)=O)N(Cc2ccccc2)[C@H]3C[C@H]1C(OC)OC. The number of anilines is 1. The highest BCUT2D eigenvalue weighted by molar-refractivity contribution is 5.94. The quantitative estimate of drug-likeness (QED) is 0.467. The highest BCUT2D eigenvalue weighted by Gasteiger charge is 2.64. The Morgan fingerprint density at radius 2 is 1.77 bits per heavy atom. The van der Waals surface area contributed by atoms with E-state index in [9.17, 15) is 9.59 Å². The minimum Gasteiger partial charge on any atom is -0.466 e. The Morgan fingerprint density at radius 1 is 1.09 bits per heavy atom. The molecule has 0 bridgehead atoms. The third-order valence-electron chi connectivity index (χ3n) is 7.85. The van der Waals surface area contributed by atoms with Gasteiger partial charge in [-0.25, -0.2) is 4.79 Å². The molecule has 0 aromatic heterocycles. The Morgan fingerprint density at radius 3 is 2.43 bits per heavy atom. The summed E-state index contributed by atoms with van der Waals surface area (Å²) in [6, 6.07) is 17.4. The summed E-state index contributed by atoms with van der Waals surface area (Å²) in [5.41, 5.74) is 9.72. The van der Waals surface area contributed by atoms with Crippen LogP contribution in [0.1, 0.15) is 24.0 Å². The first kappa shape index (κ1) is 23.5. The van der Waals surface area contributed by atoms with Crippen LogP contribution >= 0.6 is 0 Å². The van der Waals surface area contributed by atoms with Crippen molar-refractivity contribution in [1.82, 2.24) is 4.90 Å². The van der Waals surface area contributed by atoms with Crippen molar-refractivity contribution < 1.29 is 23.8 Å². The number of benzene rings is 2. The third kappa shape index (κ3) is 3.55. The molecule has 184 valence electrons. The number of hydrogen-bond acceptors (Lipinski definition) is 7. The van der Waals surface area contributed by atoms with Crippen LogP contribution in [-0.4, -0.2) is 56.5 Å². The van der Waals surface area contributed by atoms with Crippen LogP contribution in [0.3, 0.4) is 0 Å². The number of esters is 1. The van der Waals surface area contributed by atoms with E-state index in [4.69, 9.17) is 19.9 Å². The Labute approximate surface area is 205 Å². The second-order valence-electron chi connectivity index (χ2n) is 9.40. The van der Waals surface area contributed by atoms with Crippen molar-refractivity contribution in [2.24, 2.45) is 11.7 Å². The van der Waals surface area contributed by atoms with Gasteiger partial charge in [0, 0.05) is 44.1 Å². The second kappa shape index (κ2) is 9.11. The lowest BCUT2D eigenvalue weighted by atomic mass is 9.64. The summed E-state index contributed by atoms with van der Waals surface area (Å²) in [6.07, 6.45) is 0.343. The molecule has 5 rings (SSSR count). The van der Waals surface area contributed by atoms with Gasteiger partial charge in [-0.3, -0.25) is 9.69 Å². The van der Waals surface area contributed by atoms with Crippen LogP contribution in [0.5, 0.6) is 0 Å². The van der Waals surface area contributed by atoms with E-state index in [1.165, 1.54) is 7.11 Å². The summed E-state index contributed by atoms with van der Waals surface area (Å²) in [5, 5.41) is 3.53. The number of rotatable bonds is 7. The van der Waals surface area contributed by atoms with Gasteiger partial charge in [-0.2, -0.15) is 0 Å². The van der Waals surface area contributed by atoms with Crippen LogP contribution in [0.15, 0.2) is 65.9 Å². The van der Waals surface area contributed by atoms with Crippen molar-refractivity contribution in [2.45, 2.75) is 43.2 Å². The molecule has 1 amide bonds. The van der Waals surface area contributed by atoms with Crippen LogP contribution in [0.2, 0.25) is 0 Å². The zero-order chi connectivity index (χ0) is 24.7. The zero-order valence-corrected chi connectivity index (χ0v) is 20.2. The number of amides is 1. The minimum atomic E-state index is -0.661. The fraction of sp³-hybridized carbons (Fsp3) is 0.407. The summed E-state index contributed by atoms with van der Waals surface area (Å²) in [4.78, 5) is 28.3. The molecule has 1 saturated heterocycles. The average Bonchev–Trinajstić information content (AvgIpc) is 3.38. The molecule has 3 N–H and O–H groups in total. The number of nitrogens with one attached hydrogen (secondary N) is 1. The molecule has 0 saturated carbocycles. The molecule has 35 heavy (non-hydrogen) atoms. The standard InChI is InChI=1S/C27H31N3O5/c1-33-25(32)22-17(26(34-2)35-3)13-21-27(18-11-7-8-12-19(18)29-23(22)27)14-20(24(28)31)30(21)15-16-9-5-4-6-10-16/h4-12,17,20-21,26,29H,13-15H2,1-3H3,(H2,28,31)/t17-,20+,21+,27-/m1/s1. The van der Waals surface area contributed by atoms with E-state index in [1.54, 1.807) is 14.2 Å². The van der Waals surface area contributed by atoms with Gasteiger partial charge in [0.15, 0.2) is 6.29 Å². The lowest BCUT2D eigenvalue weighted by molar-refractivity contribution is -0.150. The number of nitrogens with two attached hydrogens (primary N) is 1. The van der Waals surface area contributed by atoms with Crippen molar-refractivity contribution in [3.8, 4) is 0 Å². The van der Waals surface area contributed by atoms with E-state index in [1.807, 2.05) is 48.5 Å². The summed E-state index contributed by atoms with van der Waals surface area (Å²) >= 11 is 0. The van der Waals surface area contributed by atoms with Gasteiger partial charge in [0.1, 0.15) is 0 Å². The van der Waals surface area contributed by atoms with E-state index in [0.717, 1.165) is 22.5 Å². The number of para-hydroxylation sites is 1. The molecule has 1 aliphatic carbocycles. The number of hydrogen-bond donors (Lipinski definition) is 2. The molecule has 2 aromatic rings. The van der Waals surface area contributed by atoms with E-state index in [2.05, 4.69) is 16.3 Å². The molecule has 3 aliphatic rings. The first-order chi connectivity index (χ1) is 17.0. The number of likely N-dealkylation sites (tertiary alicyclic amines) is 1. The van der Waals surface area contributed by atoms with Crippen molar-refractivity contribution >= 4 is 17.6 Å². The van der Waals surface area contributed by atoms with Gasteiger partial charge in [-0.1, -0.05) is 48.5 Å². The monoisotopic (exact) mass is 477 g/mol. The molecule has 8 nitrogen and oxygen atoms in total. The number of nitrogens with zero attached hydrogens (tertiary/aromatic N) is 1. The number of fused-ring (bicyclic) bond motifs is 1. The Kier molecular flexibility index (Phi) is 6.13. The van der Waals surface area contributed by atoms with Gasteiger partial charge < -0.3 is 25.3 Å². The Bertz CT molecular complexity index is 1160. The van der Waals surface area contributed by atoms with Crippen LogP contribution < -0.4 is 11.1 Å². The highest BCUT2D eigenvalue weighted by Crippen LogP contribution is 2.60. The normalized spacial score (nSPS) is 27.3. The average molecular weight is 478 g/mol. The van der Waals surface area contributed by atoms with Crippen LogP contribution in [-0.2, 0) is 35.8 Å². The fourth-order valence-electron chi connectivity index (χ4n) is 6.48. The molecular formula is C27H31N3O5. The van der Waals surface area contributed by atoms with E-state index >= 15 is 0 Å². The molecular weight excluding hydrogens is 446 g/mol. The maximum atomic E-state index is 13.2. The van der Waals surface area contributed by atoms with Crippen molar-refractivity contribution in [3.63, 3.8) is 0 Å². The topological polar surface area (TPSA) is 103 Å². The third-order valence-corrected chi connectivity index (χ3v) is 7.85. The molecule has 1 fully saturated rings. The summed E-state index contributed by atoms with van der Waals surface area (Å²) in [6.45, 7) is 0.557. The number of carbonyl (C=O) groups excluding carboxylic acids is 2.